The summed E-state index contributed by atoms with van der Waals surface area (Å²) in [6.45, 7) is 5.71. The highest BCUT2D eigenvalue weighted by molar-refractivity contribution is 5.95. The molecule has 0 saturated carbocycles. The first kappa shape index (κ1) is 10.4. The number of nitrogens with zero attached hydrogens (tertiary/aromatic N) is 3. The Morgan fingerprint density at radius 1 is 1.69 bits per heavy atom. The fourth-order valence-electron chi connectivity index (χ4n) is 1.35. The lowest BCUT2D eigenvalue weighted by Crippen LogP contribution is -2.05. The predicted molar refractivity (Wildman–Crippen MR) is 59.0 cm³/mol. The van der Waals surface area contributed by atoms with Gasteiger partial charge in [0.05, 0.1) is 18.5 Å². The van der Waals surface area contributed by atoms with E-state index in [2.05, 4.69) is 16.7 Å². The number of hydrogen-bond acceptors (Lipinski definition) is 4. The zero-order chi connectivity index (χ0) is 11.5. The molecule has 2 aromatic rings. The van der Waals surface area contributed by atoms with Gasteiger partial charge in [0.25, 0.3) is 0 Å². The zero-order valence-corrected chi connectivity index (χ0v) is 8.88. The molecule has 2 heterocycles. The highest BCUT2D eigenvalue weighted by Crippen LogP contribution is 2.10. The summed E-state index contributed by atoms with van der Waals surface area (Å²) in [5.41, 5.74) is 1.54. The summed E-state index contributed by atoms with van der Waals surface area (Å²) in [5.74, 6) is -0.411. The summed E-state index contributed by atoms with van der Waals surface area (Å²) in [4.78, 5) is 15.8. The average molecular weight is 217 g/mol. The molecule has 2 aromatic heterocycles. The third-order valence-corrected chi connectivity index (χ3v) is 2.10. The molecule has 0 N–H and O–H groups in total. The van der Waals surface area contributed by atoms with Crippen molar-refractivity contribution in [2.24, 2.45) is 0 Å². The van der Waals surface area contributed by atoms with Crippen LogP contribution in [-0.4, -0.2) is 27.2 Å². The summed E-state index contributed by atoms with van der Waals surface area (Å²) in [5, 5.41) is 4.02. The van der Waals surface area contributed by atoms with Gasteiger partial charge in [0.2, 0.25) is 0 Å². The first-order chi connectivity index (χ1) is 7.76. The Hall–Kier alpha value is -2.17. The van der Waals surface area contributed by atoms with Crippen molar-refractivity contribution in [1.82, 2.24) is 14.6 Å². The van der Waals surface area contributed by atoms with E-state index < -0.39 is 5.97 Å². The topological polar surface area (TPSA) is 56.5 Å². The van der Waals surface area contributed by atoms with Gasteiger partial charge in [0.15, 0.2) is 5.65 Å². The van der Waals surface area contributed by atoms with Gasteiger partial charge in [-0.05, 0) is 19.1 Å². The number of esters is 1. The van der Waals surface area contributed by atoms with E-state index in [-0.39, 0.29) is 0 Å². The van der Waals surface area contributed by atoms with E-state index in [1.54, 1.807) is 25.3 Å². The van der Waals surface area contributed by atoms with E-state index in [4.69, 9.17) is 4.74 Å². The molecule has 0 spiro atoms. The van der Waals surface area contributed by atoms with E-state index >= 15 is 0 Å². The van der Waals surface area contributed by atoms with E-state index in [1.165, 1.54) is 10.7 Å². The van der Waals surface area contributed by atoms with Crippen LogP contribution < -0.4 is 0 Å². The van der Waals surface area contributed by atoms with Crippen LogP contribution in [0.25, 0.3) is 11.7 Å². The second kappa shape index (κ2) is 4.14. The highest BCUT2D eigenvalue weighted by atomic mass is 16.5. The first-order valence-corrected chi connectivity index (χ1v) is 4.90. The Balaban J connectivity index is 2.53. The van der Waals surface area contributed by atoms with Crippen molar-refractivity contribution in [3.8, 4) is 0 Å². The molecule has 0 saturated heterocycles. The van der Waals surface area contributed by atoms with Gasteiger partial charge in [-0.3, -0.25) is 0 Å². The number of hydrogen-bond donors (Lipinski definition) is 0. The van der Waals surface area contributed by atoms with Crippen LogP contribution in [0.2, 0.25) is 0 Å². The van der Waals surface area contributed by atoms with Crippen molar-refractivity contribution in [3.63, 3.8) is 0 Å². The summed E-state index contributed by atoms with van der Waals surface area (Å²) >= 11 is 0. The molecular weight excluding hydrogens is 206 g/mol. The number of ether oxygens (including phenoxy) is 1. The van der Waals surface area contributed by atoms with E-state index in [0.717, 1.165) is 0 Å². The zero-order valence-electron chi connectivity index (χ0n) is 8.88. The molecule has 0 aliphatic rings. The highest BCUT2D eigenvalue weighted by Gasteiger charge is 2.14. The first-order valence-electron chi connectivity index (χ1n) is 4.90. The Bertz CT molecular complexity index is 545. The standard InChI is InChI=1S/C11H11N3O2/c1-3-8-5-6-14-10(13-8)9(7-12-14)11(15)16-4-2/h3,5-7H,1,4H2,2H3. The van der Waals surface area contributed by atoms with Gasteiger partial charge < -0.3 is 4.74 Å². The van der Waals surface area contributed by atoms with Crippen LogP contribution in [0.15, 0.2) is 25.0 Å². The summed E-state index contributed by atoms with van der Waals surface area (Å²) < 4.78 is 6.44. The van der Waals surface area contributed by atoms with Gasteiger partial charge in [-0.2, -0.15) is 5.10 Å². The van der Waals surface area contributed by atoms with E-state index in [1.807, 2.05) is 0 Å². The van der Waals surface area contributed by atoms with Crippen LogP contribution in [0, 0.1) is 0 Å². The summed E-state index contributed by atoms with van der Waals surface area (Å²) in [7, 11) is 0. The maximum absolute atomic E-state index is 11.6. The van der Waals surface area contributed by atoms with Gasteiger partial charge in [0, 0.05) is 6.20 Å². The summed E-state index contributed by atoms with van der Waals surface area (Å²) in [6.07, 6.45) is 4.79. The second-order valence-electron chi connectivity index (χ2n) is 3.10. The largest absolute Gasteiger partial charge is 0.462 e. The summed E-state index contributed by atoms with van der Waals surface area (Å²) in [6, 6.07) is 1.77. The number of carbonyl (C=O) groups is 1. The van der Waals surface area contributed by atoms with E-state index in [9.17, 15) is 4.79 Å². The Morgan fingerprint density at radius 3 is 3.19 bits per heavy atom. The molecule has 2 rings (SSSR count). The maximum atomic E-state index is 11.6. The lowest BCUT2D eigenvalue weighted by atomic mass is 10.3. The van der Waals surface area contributed by atoms with E-state index in [0.29, 0.717) is 23.5 Å². The fourth-order valence-corrected chi connectivity index (χ4v) is 1.35. The molecule has 0 fully saturated rings. The molecular formula is C11H11N3O2. The lowest BCUT2D eigenvalue weighted by molar-refractivity contribution is 0.0528. The molecule has 0 amide bonds. The quantitative estimate of drug-likeness (QED) is 0.732. The Morgan fingerprint density at radius 2 is 2.50 bits per heavy atom. The second-order valence-corrected chi connectivity index (χ2v) is 3.10. The van der Waals surface area contributed by atoms with Gasteiger partial charge in [0.1, 0.15) is 5.56 Å². The molecule has 0 atom stereocenters. The Kier molecular flexibility index (Phi) is 2.68. The fraction of sp³-hybridized carbons (Fsp3) is 0.182. The van der Waals surface area contributed by atoms with Crippen LogP contribution in [0.3, 0.4) is 0 Å². The lowest BCUT2D eigenvalue weighted by Gasteiger charge is -1.99. The number of rotatable bonds is 3. The van der Waals surface area contributed by atoms with Crippen molar-refractivity contribution < 1.29 is 9.53 Å². The van der Waals surface area contributed by atoms with Gasteiger partial charge >= 0.3 is 5.97 Å². The number of fused-ring (bicyclic) bond motifs is 1. The smallest absolute Gasteiger partial charge is 0.343 e. The van der Waals surface area contributed by atoms with Crippen molar-refractivity contribution >= 4 is 17.7 Å². The molecule has 0 aromatic carbocycles. The van der Waals surface area contributed by atoms with Crippen LogP contribution >= 0.6 is 0 Å². The minimum atomic E-state index is -0.411. The Labute approximate surface area is 92.4 Å². The normalized spacial score (nSPS) is 10.3. The van der Waals surface area contributed by atoms with Crippen LogP contribution in [-0.2, 0) is 4.74 Å². The SMILES string of the molecule is C=Cc1ccn2ncc(C(=O)OCC)c2n1. The van der Waals surface area contributed by atoms with Gasteiger partial charge in [-0.15, -0.1) is 0 Å². The minimum absolute atomic E-state index is 0.331. The maximum Gasteiger partial charge on any atom is 0.343 e. The number of carbonyl (C=O) groups excluding carboxylic acids is 1. The molecule has 16 heavy (non-hydrogen) atoms. The minimum Gasteiger partial charge on any atom is -0.462 e. The third kappa shape index (κ3) is 1.67. The molecule has 0 aliphatic carbocycles. The van der Waals surface area contributed by atoms with Crippen molar-refractivity contribution in [1.29, 1.82) is 0 Å². The molecule has 0 bridgehead atoms. The van der Waals surface area contributed by atoms with Crippen molar-refractivity contribution in [3.05, 3.63) is 36.3 Å². The molecule has 5 heteroatoms. The predicted octanol–water partition coefficient (Wildman–Crippen LogP) is 1.55. The third-order valence-electron chi connectivity index (χ3n) is 2.10. The van der Waals surface area contributed by atoms with Crippen molar-refractivity contribution in [2.75, 3.05) is 6.61 Å². The van der Waals surface area contributed by atoms with Crippen LogP contribution in [0.4, 0.5) is 0 Å². The molecule has 5 nitrogen and oxygen atoms in total. The van der Waals surface area contributed by atoms with Gasteiger partial charge in [-0.1, -0.05) is 6.58 Å². The molecule has 0 radical (unpaired) electrons. The van der Waals surface area contributed by atoms with Gasteiger partial charge in [-0.25, -0.2) is 14.3 Å². The van der Waals surface area contributed by atoms with Crippen LogP contribution in [0.1, 0.15) is 23.0 Å². The number of aromatic nitrogens is 3. The molecule has 82 valence electrons. The van der Waals surface area contributed by atoms with Crippen LogP contribution in [0.5, 0.6) is 0 Å². The average Bonchev–Trinajstić information content (AvgIpc) is 2.71. The monoisotopic (exact) mass is 217 g/mol. The van der Waals surface area contributed by atoms with Crippen molar-refractivity contribution in [2.45, 2.75) is 6.92 Å². The molecule has 0 unspecified atom stereocenters. The molecule has 0 aliphatic heterocycles.